The number of aliphatic hydroxyl groups excluding tert-OH is 1. The first kappa shape index (κ1) is 29.7. The fourth-order valence-electron chi connectivity index (χ4n) is 5.21. The summed E-state index contributed by atoms with van der Waals surface area (Å²) in [5.41, 5.74) is 2.46. The van der Waals surface area contributed by atoms with Crippen LogP contribution in [0.25, 0.3) is 16.0 Å². The number of ether oxygens (including phenoxy) is 4. The predicted molar refractivity (Wildman–Crippen MR) is 172 cm³/mol. The van der Waals surface area contributed by atoms with Gasteiger partial charge in [0, 0.05) is 5.56 Å². The van der Waals surface area contributed by atoms with Crippen molar-refractivity contribution in [2.24, 2.45) is 0 Å². The second kappa shape index (κ2) is 12.7. The van der Waals surface area contributed by atoms with Gasteiger partial charge in [-0.15, -0.1) is 0 Å². The van der Waals surface area contributed by atoms with E-state index in [1.807, 2.05) is 43.3 Å². The second-order valence-electron chi connectivity index (χ2n) is 10.1. The number of Topliss-reactive ketones (excluding diaryl/α,β-unsaturated/α-hetero) is 1. The minimum Gasteiger partial charge on any atom is -0.507 e. The first-order valence-corrected chi connectivity index (χ1v) is 15.1. The summed E-state index contributed by atoms with van der Waals surface area (Å²) in [5.74, 6) is 0.211. The van der Waals surface area contributed by atoms with Crippen LogP contribution in [0.5, 0.6) is 23.0 Å². The van der Waals surface area contributed by atoms with E-state index in [0.717, 1.165) is 10.3 Å². The Morgan fingerprint density at radius 2 is 1.62 bits per heavy atom. The Balaban J connectivity index is 1.46. The first-order valence-electron chi connectivity index (χ1n) is 14.2. The lowest BCUT2D eigenvalue weighted by Crippen LogP contribution is -2.29. The SMILES string of the molecule is CCOc1ccc(/C(O)=C2\C(=O)C(=O)N(c3nc4ccc(OC)cc4s3)C2c2ccc(OCc3ccccc3)c(OC)c2)cc1. The molecule has 1 aliphatic heterocycles. The van der Waals surface area contributed by atoms with Crippen LogP contribution in [0.15, 0.2) is 96.6 Å². The van der Waals surface area contributed by atoms with Crippen molar-refractivity contribution in [3.05, 3.63) is 113 Å². The van der Waals surface area contributed by atoms with E-state index in [4.69, 9.17) is 23.9 Å². The van der Waals surface area contributed by atoms with E-state index in [-0.39, 0.29) is 11.3 Å². The van der Waals surface area contributed by atoms with Crippen LogP contribution in [0.2, 0.25) is 0 Å². The number of hydrogen-bond donors (Lipinski definition) is 1. The molecule has 1 amide bonds. The summed E-state index contributed by atoms with van der Waals surface area (Å²) < 4.78 is 23.4. The number of amides is 1. The van der Waals surface area contributed by atoms with Gasteiger partial charge in [0.1, 0.15) is 23.9 Å². The quantitative estimate of drug-likeness (QED) is 0.102. The Kier molecular flexibility index (Phi) is 8.39. The zero-order valence-electron chi connectivity index (χ0n) is 24.9. The highest BCUT2D eigenvalue weighted by Gasteiger charge is 2.48. The number of anilines is 1. The lowest BCUT2D eigenvalue weighted by Gasteiger charge is -2.24. The number of rotatable bonds is 10. The Morgan fingerprint density at radius 3 is 2.33 bits per heavy atom. The summed E-state index contributed by atoms with van der Waals surface area (Å²) in [4.78, 5) is 33.5. The largest absolute Gasteiger partial charge is 0.507 e. The number of ketones is 1. The van der Waals surface area contributed by atoms with Crippen LogP contribution < -0.4 is 23.8 Å². The molecule has 6 rings (SSSR count). The van der Waals surface area contributed by atoms with Gasteiger partial charge in [0.25, 0.3) is 5.78 Å². The molecule has 9 nitrogen and oxygen atoms in total. The van der Waals surface area contributed by atoms with Crippen molar-refractivity contribution in [2.45, 2.75) is 19.6 Å². The average Bonchev–Trinajstić information content (AvgIpc) is 3.61. The standard InChI is InChI=1S/C35H30N2O7S/c1-4-43-24-13-10-22(11-14-24)32(38)30-31(23-12-17-27(28(18-23)42-3)44-20-21-8-6-5-7-9-21)37(34(40)33(30)39)35-36-26-16-15-25(41-2)19-29(26)45-35/h5-19,31,38H,4,20H2,1-3H3/b32-30+. The van der Waals surface area contributed by atoms with Crippen molar-refractivity contribution in [1.29, 1.82) is 0 Å². The average molecular weight is 623 g/mol. The van der Waals surface area contributed by atoms with Gasteiger partial charge in [-0.25, -0.2) is 4.98 Å². The van der Waals surface area contributed by atoms with Gasteiger partial charge < -0.3 is 24.1 Å². The molecule has 1 aromatic heterocycles. The van der Waals surface area contributed by atoms with Crippen molar-refractivity contribution < 1.29 is 33.6 Å². The summed E-state index contributed by atoms with van der Waals surface area (Å²) in [6.07, 6.45) is 0. The van der Waals surface area contributed by atoms with Crippen LogP contribution in [-0.4, -0.2) is 42.6 Å². The Bertz CT molecular complexity index is 1900. The maximum atomic E-state index is 13.8. The minimum atomic E-state index is -1.00. The molecule has 1 aliphatic rings. The van der Waals surface area contributed by atoms with Gasteiger partial charge in [0.2, 0.25) is 0 Å². The third-order valence-electron chi connectivity index (χ3n) is 7.41. The highest BCUT2D eigenvalue weighted by molar-refractivity contribution is 7.22. The molecular weight excluding hydrogens is 592 g/mol. The smallest absolute Gasteiger partial charge is 0.301 e. The Hall–Kier alpha value is -5.35. The fraction of sp³-hybridized carbons (Fsp3) is 0.171. The number of carbonyl (C=O) groups excluding carboxylic acids is 2. The molecule has 1 atom stereocenters. The molecule has 0 radical (unpaired) electrons. The molecule has 4 aromatic carbocycles. The van der Waals surface area contributed by atoms with Crippen molar-refractivity contribution in [3.8, 4) is 23.0 Å². The lowest BCUT2D eigenvalue weighted by atomic mass is 9.95. The number of aromatic nitrogens is 1. The molecule has 1 unspecified atom stereocenters. The highest BCUT2D eigenvalue weighted by Crippen LogP contribution is 2.46. The number of nitrogens with zero attached hydrogens (tertiary/aromatic N) is 2. The van der Waals surface area contributed by atoms with Gasteiger partial charge in [-0.2, -0.15) is 0 Å². The Morgan fingerprint density at radius 1 is 0.867 bits per heavy atom. The summed E-state index contributed by atoms with van der Waals surface area (Å²) in [5, 5.41) is 11.9. The van der Waals surface area contributed by atoms with Crippen molar-refractivity contribution in [3.63, 3.8) is 0 Å². The molecule has 228 valence electrons. The fourth-order valence-corrected chi connectivity index (χ4v) is 6.23. The van der Waals surface area contributed by atoms with Gasteiger partial charge in [-0.3, -0.25) is 14.5 Å². The van der Waals surface area contributed by atoms with E-state index >= 15 is 0 Å². The van der Waals surface area contributed by atoms with Gasteiger partial charge in [-0.05, 0) is 72.6 Å². The topological polar surface area (TPSA) is 107 Å². The molecule has 0 bridgehead atoms. The van der Waals surface area contributed by atoms with Gasteiger partial charge >= 0.3 is 5.91 Å². The van der Waals surface area contributed by atoms with E-state index in [2.05, 4.69) is 0 Å². The summed E-state index contributed by atoms with van der Waals surface area (Å²) in [6.45, 7) is 2.68. The highest BCUT2D eigenvalue weighted by atomic mass is 32.1. The van der Waals surface area contributed by atoms with E-state index in [1.54, 1.807) is 61.7 Å². The first-order chi connectivity index (χ1) is 21.9. The summed E-state index contributed by atoms with van der Waals surface area (Å²) >= 11 is 1.25. The molecule has 0 saturated carbocycles. The number of thiazole rings is 1. The molecule has 0 aliphatic carbocycles. The summed E-state index contributed by atoms with van der Waals surface area (Å²) in [7, 11) is 3.09. The van der Waals surface area contributed by atoms with Gasteiger partial charge in [0.05, 0.1) is 42.7 Å². The van der Waals surface area contributed by atoms with Gasteiger partial charge in [-0.1, -0.05) is 47.7 Å². The van der Waals surface area contributed by atoms with E-state index < -0.39 is 17.7 Å². The van der Waals surface area contributed by atoms with Crippen LogP contribution in [0.3, 0.4) is 0 Å². The van der Waals surface area contributed by atoms with Crippen molar-refractivity contribution in [2.75, 3.05) is 25.7 Å². The van der Waals surface area contributed by atoms with E-state index in [1.165, 1.54) is 23.3 Å². The van der Waals surface area contributed by atoms with Crippen LogP contribution in [0.1, 0.15) is 29.7 Å². The molecule has 1 N–H and O–H groups in total. The molecule has 1 fully saturated rings. The maximum Gasteiger partial charge on any atom is 0.301 e. The molecule has 0 spiro atoms. The third kappa shape index (κ3) is 5.80. The number of aliphatic hydroxyl groups is 1. The molecule has 2 heterocycles. The monoisotopic (exact) mass is 622 g/mol. The lowest BCUT2D eigenvalue weighted by molar-refractivity contribution is -0.132. The van der Waals surface area contributed by atoms with Crippen LogP contribution in [0.4, 0.5) is 5.13 Å². The molecule has 1 saturated heterocycles. The Labute approximate surface area is 263 Å². The zero-order chi connectivity index (χ0) is 31.5. The molecule has 5 aromatic rings. The normalized spacial score (nSPS) is 15.8. The molecular formula is C35H30N2O7S. The second-order valence-corrected chi connectivity index (χ2v) is 11.2. The van der Waals surface area contributed by atoms with Crippen molar-refractivity contribution in [1.82, 2.24) is 4.98 Å². The number of fused-ring (bicyclic) bond motifs is 1. The number of hydrogen-bond acceptors (Lipinski definition) is 9. The van der Waals surface area contributed by atoms with Crippen LogP contribution in [0, 0.1) is 0 Å². The van der Waals surface area contributed by atoms with Crippen LogP contribution in [-0.2, 0) is 16.2 Å². The number of carbonyl (C=O) groups is 2. The van der Waals surface area contributed by atoms with E-state index in [0.29, 0.717) is 58.0 Å². The zero-order valence-corrected chi connectivity index (χ0v) is 25.7. The van der Waals surface area contributed by atoms with Crippen molar-refractivity contribution >= 4 is 44.1 Å². The van der Waals surface area contributed by atoms with Crippen LogP contribution >= 0.6 is 11.3 Å². The maximum absolute atomic E-state index is 13.8. The minimum absolute atomic E-state index is 0.0685. The number of methoxy groups -OCH3 is 2. The third-order valence-corrected chi connectivity index (χ3v) is 8.43. The summed E-state index contributed by atoms with van der Waals surface area (Å²) in [6, 6.07) is 26.0. The number of benzene rings is 4. The predicted octanol–water partition coefficient (Wildman–Crippen LogP) is 6.92. The van der Waals surface area contributed by atoms with E-state index in [9.17, 15) is 14.7 Å². The molecule has 10 heteroatoms. The van der Waals surface area contributed by atoms with Gasteiger partial charge in [0.15, 0.2) is 16.6 Å². The molecule has 45 heavy (non-hydrogen) atoms.